The van der Waals surface area contributed by atoms with Crippen molar-refractivity contribution in [1.29, 1.82) is 0 Å². The zero-order valence-corrected chi connectivity index (χ0v) is 15.0. The molecule has 0 radical (unpaired) electrons. The predicted octanol–water partition coefficient (Wildman–Crippen LogP) is 2.45. The van der Waals surface area contributed by atoms with Crippen molar-refractivity contribution >= 4 is 15.9 Å². The third-order valence-corrected chi connectivity index (χ3v) is 6.47. The van der Waals surface area contributed by atoms with Crippen molar-refractivity contribution in [2.45, 2.75) is 44.4 Å². The monoisotopic (exact) mass is 356 g/mol. The highest BCUT2D eigenvalue weighted by Crippen LogP contribution is 2.26. The molecular weight excluding hydrogens is 331 g/mol. The summed E-state index contributed by atoms with van der Waals surface area (Å²) in [5.74, 6) is -0.574. The minimum atomic E-state index is -3.64. The molecule has 2 rings (SSSR count). The van der Waals surface area contributed by atoms with Gasteiger partial charge in [0.2, 0.25) is 15.9 Å². The quantitative estimate of drug-likeness (QED) is 0.796. The van der Waals surface area contributed by atoms with Gasteiger partial charge in [-0.2, -0.15) is 4.31 Å². The number of sulfonamides is 1. The Balaban J connectivity index is 1.99. The maximum Gasteiger partial charge on any atom is 0.243 e. The third kappa shape index (κ3) is 4.33. The lowest BCUT2D eigenvalue weighted by molar-refractivity contribution is -0.126. The predicted molar refractivity (Wildman–Crippen MR) is 90.5 cm³/mol. The number of piperidine rings is 1. The van der Waals surface area contributed by atoms with Gasteiger partial charge >= 0.3 is 0 Å². The number of aryl methyl sites for hydroxylation is 1. The molecule has 0 unspecified atom stereocenters. The Labute approximate surface area is 143 Å². The van der Waals surface area contributed by atoms with E-state index in [2.05, 4.69) is 12.2 Å². The first-order valence-corrected chi connectivity index (χ1v) is 9.84. The summed E-state index contributed by atoms with van der Waals surface area (Å²) in [6, 6.07) is 3.69. The van der Waals surface area contributed by atoms with Gasteiger partial charge in [-0.05, 0) is 49.9 Å². The fourth-order valence-corrected chi connectivity index (χ4v) is 4.61. The molecule has 0 saturated carbocycles. The SMILES string of the molecule is CCCCNC(=O)C1CCN(S(=O)(=O)c2ccc(F)cc2C)CC1. The van der Waals surface area contributed by atoms with Gasteiger partial charge in [0.05, 0.1) is 4.90 Å². The Hall–Kier alpha value is -1.47. The number of halogens is 1. The summed E-state index contributed by atoms with van der Waals surface area (Å²) in [7, 11) is -3.64. The van der Waals surface area contributed by atoms with E-state index in [1.54, 1.807) is 6.92 Å². The number of rotatable bonds is 6. The first-order chi connectivity index (χ1) is 11.4. The molecule has 1 fully saturated rings. The second-order valence-corrected chi connectivity index (χ2v) is 8.14. The number of nitrogens with one attached hydrogen (secondary N) is 1. The molecule has 1 saturated heterocycles. The molecule has 134 valence electrons. The minimum absolute atomic E-state index is 0.0125. The molecule has 1 heterocycles. The first-order valence-electron chi connectivity index (χ1n) is 8.40. The normalized spacial score (nSPS) is 17.0. The molecule has 7 heteroatoms. The highest BCUT2D eigenvalue weighted by atomic mass is 32.2. The number of benzene rings is 1. The van der Waals surface area contributed by atoms with Crippen LogP contribution in [0.2, 0.25) is 0 Å². The summed E-state index contributed by atoms with van der Waals surface area (Å²) in [5.41, 5.74) is 0.398. The number of amides is 1. The molecule has 0 aromatic heterocycles. The number of carbonyl (C=O) groups is 1. The average molecular weight is 356 g/mol. The Morgan fingerprint density at radius 1 is 1.33 bits per heavy atom. The van der Waals surface area contributed by atoms with Gasteiger partial charge in [-0.25, -0.2) is 12.8 Å². The molecule has 1 aliphatic heterocycles. The molecule has 1 aliphatic rings. The van der Waals surface area contributed by atoms with Crippen LogP contribution in [0, 0.1) is 18.7 Å². The topological polar surface area (TPSA) is 66.5 Å². The molecule has 0 bridgehead atoms. The summed E-state index contributed by atoms with van der Waals surface area (Å²) in [6.07, 6.45) is 2.99. The fourth-order valence-electron chi connectivity index (χ4n) is 2.93. The molecule has 0 spiro atoms. The Kier molecular flexibility index (Phi) is 6.34. The van der Waals surface area contributed by atoms with Crippen LogP contribution in [0.5, 0.6) is 0 Å². The Morgan fingerprint density at radius 2 is 2.00 bits per heavy atom. The van der Waals surface area contributed by atoms with Crippen LogP contribution >= 0.6 is 0 Å². The van der Waals surface area contributed by atoms with E-state index < -0.39 is 15.8 Å². The van der Waals surface area contributed by atoms with Crippen LogP contribution in [-0.2, 0) is 14.8 Å². The van der Waals surface area contributed by atoms with E-state index in [1.807, 2.05) is 0 Å². The number of carbonyl (C=O) groups excluding carboxylic acids is 1. The molecular formula is C17H25FN2O3S. The Morgan fingerprint density at radius 3 is 2.58 bits per heavy atom. The highest BCUT2D eigenvalue weighted by molar-refractivity contribution is 7.89. The molecule has 0 atom stereocenters. The van der Waals surface area contributed by atoms with Crippen molar-refractivity contribution < 1.29 is 17.6 Å². The third-order valence-electron chi connectivity index (χ3n) is 4.41. The van der Waals surface area contributed by atoms with Gasteiger partial charge in [0.25, 0.3) is 0 Å². The van der Waals surface area contributed by atoms with Crippen LogP contribution in [0.15, 0.2) is 23.1 Å². The molecule has 0 aliphatic carbocycles. The van der Waals surface area contributed by atoms with E-state index >= 15 is 0 Å². The lowest BCUT2D eigenvalue weighted by Crippen LogP contribution is -2.43. The van der Waals surface area contributed by atoms with Crippen molar-refractivity contribution in [3.05, 3.63) is 29.6 Å². The van der Waals surface area contributed by atoms with Crippen molar-refractivity contribution in [3.8, 4) is 0 Å². The first kappa shape index (κ1) is 18.9. The van der Waals surface area contributed by atoms with Crippen LogP contribution in [0.25, 0.3) is 0 Å². The summed E-state index contributed by atoms with van der Waals surface area (Å²) >= 11 is 0. The molecule has 1 N–H and O–H groups in total. The largest absolute Gasteiger partial charge is 0.356 e. The van der Waals surface area contributed by atoms with Gasteiger partial charge in [0.15, 0.2) is 0 Å². The molecule has 1 amide bonds. The maximum absolute atomic E-state index is 13.2. The molecule has 1 aromatic carbocycles. The summed E-state index contributed by atoms with van der Waals surface area (Å²) < 4.78 is 40.0. The second-order valence-electron chi connectivity index (χ2n) is 6.23. The second kappa shape index (κ2) is 8.07. The van der Waals surface area contributed by atoms with E-state index in [1.165, 1.54) is 16.4 Å². The van der Waals surface area contributed by atoms with Crippen LogP contribution < -0.4 is 5.32 Å². The number of unbranched alkanes of at least 4 members (excludes halogenated alkanes) is 1. The number of nitrogens with zero attached hydrogens (tertiary/aromatic N) is 1. The Bertz CT molecular complexity index is 683. The summed E-state index contributed by atoms with van der Waals surface area (Å²) in [5, 5.41) is 2.91. The zero-order valence-electron chi connectivity index (χ0n) is 14.2. The molecule has 5 nitrogen and oxygen atoms in total. The van der Waals surface area contributed by atoms with E-state index in [9.17, 15) is 17.6 Å². The number of hydrogen-bond donors (Lipinski definition) is 1. The maximum atomic E-state index is 13.2. The molecule has 1 aromatic rings. The lowest BCUT2D eigenvalue weighted by Gasteiger charge is -2.31. The highest BCUT2D eigenvalue weighted by Gasteiger charge is 2.32. The van der Waals surface area contributed by atoms with Gasteiger partial charge < -0.3 is 5.32 Å². The van der Waals surface area contributed by atoms with Crippen LogP contribution in [0.1, 0.15) is 38.2 Å². The van der Waals surface area contributed by atoms with Crippen LogP contribution in [0.3, 0.4) is 0 Å². The van der Waals surface area contributed by atoms with Crippen molar-refractivity contribution in [3.63, 3.8) is 0 Å². The lowest BCUT2D eigenvalue weighted by atomic mass is 9.97. The standard InChI is InChI=1S/C17H25FN2O3S/c1-3-4-9-19-17(21)14-7-10-20(11-8-14)24(22,23)16-6-5-15(18)12-13(16)2/h5-6,12,14H,3-4,7-11H2,1-2H3,(H,19,21). The van der Waals surface area contributed by atoms with E-state index in [-0.39, 0.29) is 16.7 Å². The van der Waals surface area contributed by atoms with Gasteiger partial charge in [0, 0.05) is 25.6 Å². The van der Waals surface area contributed by atoms with Crippen LogP contribution in [-0.4, -0.2) is 38.3 Å². The minimum Gasteiger partial charge on any atom is -0.356 e. The summed E-state index contributed by atoms with van der Waals surface area (Å²) in [6.45, 7) is 4.94. The van der Waals surface area contributed by atoms with E-state index in [0.29, 0.717) is 38.0 Å². The van der Waals surface area contributed by atoms with Crippen molar-refractivity contribution in [2.24, 2.45) is 5.92 Å². The fraction of sp³-hybridized carbons (Fsp3) is 0.588. The van der Waals surface area contributed by atoms with Gasteiger partial charge in [-0.3, -0.25) is 4.79 Å². The smallest absolute Gasteiger partial charge is 0.243 e. The average Bonchev–Trinajstić information content (AvgIpc) is 2.54. The van der Waals surface area contributed by atoms with Crippen LogP contribution in [0.4, 0.5) is 4.39 Å². The van der Waals surface area contributed by atoms with Gasteiger partial charge in [-0.1, -0.05) is 13.3 Å². The van der Waals surface area contributed by atoms with Crippen molar-refractivity contribution in [1.82, 2.24) is 9.62 Å². The van der Waals surface area contributed by atoms with Crippen molar-refractivity contribution in [2.75, 3.05) is 19.6 Å². The summed E-state index contributed by atoms with van der Waals surface area (Å²) in [4.78, 5) is 12.2. The zero-order chi connectivity index (χ0) is 17.7. The molecule has 24 heavy (non-hydrogen) atoms. The van der Waals surface area contributed by atoms with Gasteiger partial charge in [-0.15, -0.1) is 0 Å². The van der Waals surface area contributed by atoms with E-state index in [0.717, 1.165) is 18.9 Å². The van der Waals surface area contributed by atoms with E-state index in [4.69, 9.17) is 0 Å². The van der Waals surface area contributed by atoms with Gasteiger partial charge in [0.1, 0.15) is 5.82 Å². The number of hydrogen-bond acceptors (Lipinski definition) is 3.